The van der Waals surface area contributed by atoms with Crippen molar-refractivity contribution in [2.45, 2.75) is 26.5 Å². The average molecular weight is 259 g/mol. The summed E-state index contributed by atoms with van der Waals surface area (Å²) in [6, 6.07) is 11.9. The molecule has 2 rings (SSSR count). The van der Waals surface area contributed by atoms with Crippen LogP contribution in [0.1, 0.15) is 29.9 Å². The molecule has 0 saturated heterocycles. The van der Waals surface area contributed by atoms with Crippen molar-refractivity contribution in [3.8, 4) is 0 Å². The summed E-state index contributed by atoms with van der Waals surface area (Å²) in [5.41, 5.74) is 2.17. The fraction of sp³-hybridized carbons (Fsp3) is 0.375. The van der Waals surface area contributed by atoms with Gasteiger partial charge in [-0.1, -0.05) is 36.8 Å². The van der Waals surface area contributed by atoms with Gasteiger partial charge in [0.2, 0.25) is 0 Å². The molecule has 0 fully saturated rings. The number of hydrogen-bond acceptors (Lipinski definition) is 3. The zero-order chi connectivity index (χ0) is 13.7. The highest BCUT2D eigenvalue weighted by Crippen LogP contribution is 2.16. The first-order chi connectivity index (χ1) is 9.19. The summed E-state index contributed by atoms with van der Waals surface area (Å²) < 4.78 is 5.35. The monoisotopic (exact) mass is 259 g/mol. The summed E-state index contributed by atoms with van der Waals surface area (Å²) in [5.74, 6) is 0.929. The molecule has 102 valence electrons. The van der Waals surface area contributed by atoms with Crippen LogP contribution in [0.15, 0.2) is 47.1 Å². The van der Waals surface area contributed by atoms with Gasteiger partial charge in [0.25, 0.3) is 0 Å². The van der Waals surface area contributed by atoms with Crippen LogP contribution in [0.5, 0.6) is 0 Å². The van der Waals surface area contributed by atoms with E-state index in [-0.39, 0.29) is 0 Å². The van der Waals surface area contributed by atoms with E-state index in [0.717, 1.165) is 24.4 Å². The molecule has 1 unspecified atom stereocenters. The summed E-state index contributed by atoms with van der Waals surface area (Å²) >= 11 is 0. The quantitative estimate of drug-likeness (QED) is 0.865. The largest absolute Gasteiger partial charge is 0.468 e. The third-order valence-corrected chi connectivity index (χ3v) is 3.30. The van der Waals surface area contributed by atoms with Gasteiger partial charge >= 0.3 is 0 Å². The Morgan fingerprint density at radius 1 is 1.21 bits per heavy atom. The topological polar surface area (TPSA) is 36.6 Å². The number of nitrogens with zero attached hydrogens (tertiary/aromatic N) is 1. The van der Waals surface area contributed by atoms with Gasteiger partial charge in [0, 0.05) is 6.54 Å². The van der Waals surface area contributed by atoms with E-state index in [2.05, 4.69) is 11.8 Å². The number of aliphatic hydroxyl groups is 1. The Kier molecular flexibility index (Phi) is 4.77. The molecule has 0 aliphatic rings. The van der Waals surface area contributed by atoms with Gasteiger partial charge < -0.3 is 9.52 Å². The Morgan fingerprint density at radius 2 is 1.95 bits per heavy atom. The molecule has 3 heteroatoms. The lowest BCUT2D eigenvalue weighted by Crippen LogP contribution is -2.28. The Morgan fingerprint density at radius 3 is 2.53 bits per heavy atom. The highest BCUT2D eigenvalue weighted by Gasteiger charge is 2.13. The van der Waals surface area contributed by atoms with Crippen molar-refractivity contribution in [3.05, 3.63) is 59.5 Å². The minimum absolute atomic E-state index is 0.462. The summed E-state index contributed by atoms with van der Waals surface area (Å²) in [4.78, 5) is 2.17. The Labute approximate surface area is 114 Å². The number of benzene rings is 1. The summed E-state index contributed by atoms with van der Waals surface area (Å²) in [5, 5.41) is 10.3. The number of hydrogen-bond donors (Lipinski definition) is 1. The highest BCUT2D eigenvalue weighted by molar-refractivity contribution is 5.23. The molecule has 0 bridgehead atoms. The number of likely N-dealkylation sites (N-methyl/N-ethyl adjacent to an activating group) is 1. The van der Waals surface area contributed by atoms with Gasteiger partial charge in [-0.2, -0.15) is 0 Å². The highest BCUT2D eigenvalue weighted by atomic mass is 16.3. The summed E-state index contributed by atoms with van der Waals surface area (Å²) in [7, 11) is 0. The van der Waals surface area contributed by atoms with E-state index in [4.69, 9.17) is 4.42 Å². The molecule has 1 aromatic carbocycles. The van der Waals surface area contributed by atoms with E-state index in [0.29, 0.717) is 6.54 Å². The predicted octanol–water partition coefficient (Wildman–Crippen LogP) is 3.14. The molecule has 1 heterocycles. The van der Waals surface area contributed by atoms with Crippen LogP contribution in [0.25, 0.3) is 0 Å². The van der Waals surface area contributed by atoms with Crippen molar-refractivity contribution >= 4 is 0 Å². The summed E-state index contributed by atoms with van der Waals surface area (Å²) in [6.07, 6.45) is 1.22. The van der Waals surface area contributed by atoms with E-state index in [1.54, 1.807) is 6.26 Å². The first-order valence-corrected chi connectivity index (χ1v) is 6.68. The maximum absolute atomic E-state index is 10.3. The molecule has 0 aliphatic heterocycles. The molecule has 0 amide bonds. The van der Waals surface area contributed by atoms with Crippen LogP contribution in [0.2, 0.25) is 0 Å². The first kappa shape index (κ1) is 13.8. The Bertz CT molecular complexity index is 476. The van der Waals surface area contributed by atoms with Crippen LogP contribution in [0, 0.1) is 6.92 Å². The third-order valence-electron chi connectivity index (χ3n) is 3.30. The van der Waals surface area contributed by atoms with Gasteiger partial charge in [-0.3, -0.25) is 4.90 Å². The van der Waals surface area contributed by atoms with Gasteiger partial charge in [0.15, 0.2) is 0 Å². The van der Waals surface area contributed by atoms with E-state index >= 15 is 0 Å². The smallest absolute Gasteiger partial charge is 0.117 e. The molecule has 3 nitrogen and oxygen atoms in total. The first-order valence-electron chi connectivity index (χ1n) is 6.68. The molecule has 1 atom stereocenters. The van der Waals surface area contributed by atoms with Crippen LogP contribution in [-0.4, -0.2) is 23.1 Å². The van der Waals surface area contributed by atoms with Gasteiger partial charge in [0.1, 0.15) is 5.76 Å². The second kappa shape index (κ2) is 6.55. The number of aliphatic hydroxyl groups excluding tert-OH is 1. The van der Waals surface area contributed by atoms with Gasteiger partial charge in [-0.05, 0) is 31.2 Å². The molecule has 19 heavy (non-hydrogen) atoms. The SMILES string of the molecule is CCN(Cc1ccco1)CC(O)c1ccc(C)cc1. The molecule has 1 N–H and O–H groups in total. The van der Waals surface area contributed by atoms with Crippen LogP contribution < -0.4 is 0 Å². The van der Waals surface area contributed by atoms with Crippen LogP contribution >= 0.6 is 0 Å². The summed E-state index contributed by atoms with van der Waals surface area (Å²) in [6.45, 7) is 6.35. The second-order valence-electron chi connectivity index (χ2n) is 4.83. The predicted molar refractivity (Wildman–Crippen MR) is 75.8 cm³/mol. The van der Waals surface area contributed by atoms with Gasteiger partial charge in [-0.25, -0.2) is 0 Å². The van der Waals surface area contributed by atoms with Crippen LogP contribution in [0.4, 0.5) is 0 Å². The van der Waals surface area contributed by atoms with E-state index in [1.165, 1.54) is 5.56 Å². The zero-order valence-corrected chi connectivity index (χ0v) is 11.5. The van der Waals surface area contributed by atoms with E-state index in [9.17, 15) is 5.11 Å². The molecule has 0 radical (unpaired) electrons. The van der Waals surface area contributed by atoms with Crippen LogP contribution in [0.3, 0.4) is 0 Å². The van der Waals surface area contributed by atoms with E-state index in [1.807, 2.05) is 43.3 Å². The lowest BCUT2D eigenvalue weighted by molar-refractivity contribution is 0.108. The molecule has 1 aromatic heterocycles. The third kappa shape index (κ3) is 3.94. The Hall–Kier alpha value is -1.58. The zero-order valence-electron chi connectivity index (χ0n) is 11.5. The molecule has 0 spiro atoms. The molecule has 0 aliphatic carbocycles. The number of rotatable bonds is 6. The van der Waals surface area contributed by atoms with E-state index < -0.39 is 6.10 Å². The maximum Gasteiger partial charge on any atom is 0.117 e. The second-order valence-corrected chi connectivity index (χ2v) is 4.83. The van der Waals surface area contributed by atoms with Crippen molar-refractivity contribution in [1.82, 2.24) is 4.90 Å². The fourth-order valence-corrected chi connectivity index (χ4v) is 2.07. The normalized spacial score (nSPS) is 12.8. The van der Waals surface area contributed by atoms with Crippen molar-refractivity contribution in [3.63, 3.8) is 0 Å². The van der Waals surface area contributed by atoms with Crippen molar-refractivity contribution in [2.75, 3.05) is 13.1 Å². The minimum Gasteiger partial charge on any atom is -0.468 e. The van der Waals surface area contributed by atoms with Crippen LogP contribution in [-0.2, 0) is 6.54 Å². The van der Waals surface area contributed by atoms with Gasteiger partial charge in [0.05, 0.1) is 18.9 Å². The fourth-order valence-electron chi connectivity index (χ4n) is 2.07. The molecule has 2 aromatic rings. The maximum atomic E-state index is 10.3. The van der Waals surface area contributed by atoms with Crippen molar-refractivity contribution in [1.29, 1.82) is 0 Å². The molecular formula is C16H21NO2. The molecular weight excluding hydrogens is 238 g/mol. The number of aryl methyl sites for hydroxylation is 1. The molecule has 0 saturated carbocycles. The average Bonchev–Trinajstić information content (AvgIpc) is 2.91. The lowest BCUT2D eigenvalue weighted by Gasteiger charge is -2.22. The van der Waals surface area contributed by atoms with Gasteiger partial charge in [-0.15, -0.1) is 0 Å². The lowest BCUT2D eigenvalue weighted by atomic mass is 10.1. The van der Waals surface area contributed by atoms with Crippen molar-refractivity contribution < 1.29 is 9.52 Å². The minimum atomic E-state index is -0.462. The standard InChI is InChI=1S/C16H21NO2/c1-3-17(11-15-5-4-10-19-15)12-16(18)14-8-6-13(2)7-9-14/h4-10,16,18H,3,11-12H2,1-2H3. The van der Waals surface area contributed by atoms with Crippen molar-refractivity contribution in [2.24, 2.45) is 0 Å². The Balaban J connectivity index is 1.95. The number of furan rings is 1.